The normalized spacial score (nSPS) is 9.29. The van der Waals surface area contributed by atoms with Gasteiger partial charge >= 0.3 is 0 Å². The van der Waals surface area contributed by atoms with Gasteiger partial charge in [-0.3, -0.25) is 0 Å². The standard InChI is InChI=1S/C8H15Br.C7H13Br/c1-2-3-4-5-6-7-8-9;1-2-3-4-5-6-7-8/h2H,1,3-8H2;2H,1,3-7H2. The summed E-state index contributed by atoms with van der Waals surface area (Å²) in [6, 6.07) is 0. The number of hydrogen-bond acceptors (Lipinski definition) is 0. The molecular weight excluding hydrogens is 340 g/mol. The Kier molecular flexibility index (Phi) is 25.2. The first-order chi connectivity index (χ1) is 8.33. The van der Waals surface area contributed by atoms with Crippen molar-refractivity contribution in [1.82, 2.24) is 0 Å². The van der Waals surface area contributed by atoms with Crippen LogP contribution in [0.1, 0.15) is 57.8 Å². The Bertz CT molecular complexity index is 144. The molecule has 0 aromatic heterocycles. The second-order valence-corrected chi connectivity index (χ2v) is 5.59. The topological polar surface area (TPSA) is 0 Å². The summed E-state index contributed by atoms with van der Waals surface area (Å²) >= 11 is 6.77. The molecule has 2 heteroatoms. The van der Waals surface area contributed by atoms with Crippen LogP contribution in [0.15, 0.2) is 25.3 Å². The SMILES string of the molecule is C=CCCCCCBr.C=CCCCCCCBr. The molecule has 0 rings (SSSR count). The van der Waals surface area contributed by atoms with Crippen LogP contribution in [0, 0.1) is 0 Å². The minimum absolute atomic E-state index is 1.14. The molecule has 0 saturated heterocycles. The zero-order valence-corrected chi connectivity index (χ0v) is 14.3. The third-order valence-corrected chi connectivity index (χ3v) is 3.46. The van der Waals surface area contributed by atoms with E-state index in [1.54, 1.807) is 0 Å². The summed E-state index contributed by atoms with van der Waals surface area (Å²) in [7, 11) is 0. The Balaban J connectivity index is 0. The lowest BCUT2D eigenvalue weighted by Crippen LogP contribution is -1.76. The van der Waals surface area contributed by atoms with E-state index in [0.717, 1.165) is 10.7 Å². The van der Waals surface area contributed by atoms with Gasteiger partial charge in [-0.05, 0) is 38.5 Å². The van der Waals surface area contributed by atoms with Crippen molar-refractivity contribution in [2.24, 2.45) is 0 Å². The molecule has 0 unspecified atom stereocenters. The zero-order chi connectivity index (χ0) is 13.2. The molecule has 0 aliphatic carbocycles. The zero-order valence-electron chi connectivity index (χ0n) is 11.1. The maximum absolute atomic E-state index is 3.67. The minimum atomic E-state index is 1.14. The first kappa shape index (κ1) is 19.8. The minimum Gasteiger partial charge on any atom is -0.103 e. The van der Waals surface area contributed by atoms with E-state index in [1.165, 1.54) is 57.8 Å². The summed E-state index contributed by atoms with van der Waals surface area (Å²) < 4.78 is 0. The Morgan fingerprint density at radius 2 is 0.941 bits per heavy atom. The van der Waals surface area contributed by atoms with E-state index in [1.807, 2.05) is 12.2 Å². The van der Waals surface area contributed by atoms with Crippen molar-refractivity contribution >= 4 is 31.9 Å². The van der Waals surface area contributed by atoms with Crippen LogP contribution in [0.25, 0.3) is 0 Å². The lowest BCUT2D eigenvalue weighted by Gasteiger charge is -1.93. The van der Waals surface area contributed by atoms with E-state index in [-0.39, 0.29) is 0 Å². The second-order valence-electron chi connectivity index (χ2n) is 4.01. The molecule has 0 aromatic carbocycles. The fourth-order valence-electron chi connectivity index (χ4n) is 1.30. The highest BCUT2D eigenvalue weighted by molar-refractivity contribution is 9.09. The van der Waals surface area contributed by atoms with E-state index in [4.69, 9.17) is 0 Å². The largest absolute Gasteiger partial charge is 0.103 e. The number of allylic oxidation sites excluding steroid dienone is 2. The van der Waals surface area contributed by atoms with Gasteiger partial charge in [-0.15, -0.1) is 13.2 Å². The van der Waals surface area contributed by atoms with Gasteiger partial charge in [-0.25, -0.2) is 0 Å². The second kappa shape index (κ2) is 21.7. The Hall–Kier alpha value is 0.440. The van der Waals surface area contributed by atoms with Gasteiger partial charge in [-0.1, -0.05) is 63.3 Å². The molecule has 0 aromatic rings. The van der Waals surface area contributed by atoms with Crippen molar-refractivity contribution in [3.63, 3.8) is 0 Å². The highest BCUT2D eigenvalue weighted by Crippen LogP contribution is 2.04. The van der Waals surface area contributed by atoms with Gasteiger partial charge in [0.1, 0.15) is 0 Å². The summed E-state index contributed by atoms with van der Waals surface area (Å²) in [5.74, 6) is 0. The van der Waals surface area contributed by atoms with Crippen LogP contribution < -0.4 is 0 Å². The van der Waals surface area contributed by atoms with E-state index in [0.29, 0.717) is 0 Å². The molecule has 17 heavy (non-hydrogen) atoms. The number of alkyl halides is 2. The predicted octanol–water partition coefficient (Wildman–Crippen LogP) is 6.65. The van der Waals surface area contributed by atoms with Crippen LogP contribution in [0.5, 0.6) is 0 Å². The third-order valence-electron chi connectivity index (χ3n) is 2.33. The highest BCUT2D eigenvalue weighted by atomic mass is 79.9. The predicted molar refractivity (Wildman–Crippen MR) is 89.5 cm³/mol. The average Bonchev–Trinajstić information content (AvgIpc) is 2.36. The van der Waals surface area contributed by atoms with Crippen LogP contribution >= 0.6 is 31.9 Å². The highest BCUT2D eigenvalue weighted by Gasteiger charge is 1.85. The van der Waals surface area contributed by atoms with Crippen LogP contribution in [0.4, 0.5) is 0 Å². The van der Waals surface area contributed by atoms with Gasteiger partial charge in [0.05, 0.1) is 0 Å². The van der Waals surface area contributed by atoms with Crippen molar-refractivity contribution < 1.29 is 0 Å². The molecule has 0 bridgehead atoms. The van der Waals surface area contributed by atoms with Crippen molar-refractivity contribution in [3.05, 3.63) is 25.3 Å². The lowest BCUT2D eigenvalue weighted by molar-refractivity contribution is 0.680. The monoisotopic (exact) mass is 366 g/mol. The smallest absolute Gasteiger partial charge is 0.00313 e. The van der Waals surface area contributed by atoms with E-state index in [2.05, 4.69) is 45.0 Å². The summed E-state index contributed by atoms with van der Waals surface area (Å²) in [6.07, 6.45) is 15.6. The molecule has 0 spiro atoms. The molecule has 0 N–H and O–H groups in total. The van der Waals surface area contributed by atoms with Gasteiger partial charge in [0, 0.05) is 10.7 Å². The Morgan fingerprint density at radius 3 is 1.29 bits per heavy atom. The molecule has 0 aliphatic heterocycles. The van der Waals surface area contributed by atoms with Gasteiger partial charge in [0.25, 0.3) is 0 Å². The summed E-state index contributed by atoms with van der Waals surface area (Å²) in [4.78, 5) is 0. The van der Waals surface area contributed by atoms with Gasteiger partial charge < -0.3 is 0 Å². The first-order valence-corrected chi connectivity index (χ1v) is 8.91. The molecule has 0 saturated carbocycles. The number of hydrogen-bond donors (Lipinski definition) is 0. The fourth-order valence-corrected chi connectivity index (χ4v) is 2.09. The van der Waals surface area contributed by atoms with Crippen LogP contribution in [0.2, 0.25) is 0 Å². The van der Waals surface area contributed by atoms with E-state index in [9.17, 15) is 0 Å². The number of unbranched alkanes of at least 4 members (excludes halogenated alkanes) is 7. The number of rotatable bonds is 11. The third kappa shape index (κ3) is 26.2. The van der Waals surface area contributed by atoms with Crippen LogP contribution in [0.3, 0.4) is 0 Å². The Morgan fingerprint density at radius 1 is 0.588 bits per heavy atom. The van der Waals surface area contributed by atoms with Crippen LogP contribution in [-0.2, 0) is 0 Å². The first-order valence-electron chi connectivity index (χ1n) is 6.67. The van der Waals surface area contributed by atoms with Gasteiger partial charge in [-0.2, -0.15) is 0 Å². The van der Waals surface area contributed by atoms with Gasteiger partial charge in [0.2, 0.25) is 0 Å². The maximum Gasteiger partial charge on any atom is 0.00313 e. The van der Waals surface area contributed by atoms with Crippen molar-refractivity contribution in [2.45, 2.75) is 57.8 Å². The molecule has 0 fully saturated rings. The lowest BCUT2D eigenvalue weighted by atomic mass is 10.2. The number of halogens is 2. The molecule has 0 radical (unpaired) electrons. The maximum atomic E-state index is 3.67. The summed E-state index contributed by atoms with van der Waals surface area (Å²) in [5, 5.41) is 2.30. The molecular formula is C15H28Br2. The van der Waals surface area contributed by atoms with E-state index >= 15 is 0 Å². The van der Waals surface area contributed by atoms with Crippen molar-refractivity contribution in [2.75, 3.05) is 10.7 Å². The average molecular weight is 368 g/mol. The molecule has 0 amide bonds. The van der Waals surface area contributed by atoms with Gasteiger partial charge in [0.15, 0.2) is 0 Å². The summed E-state index contributed by atoms with van der Waals surface area (Å²) in [5.41, 5.74) is 0. The van der Waals surface area contributed by atoms with Crippen molar-refractivity contribution in [1.29, 1.82) is 0 Å². The fraction of sp³-hybridized carbons (Fsp3) is 0.733. The molecule has 102 valence electrons. The van der Waals surface area contributed by atoms with Crippen LogP contribution in [-0.4, -0.2) is 10.7 Å². The van der Waals surface area contributed by atoms with Crippen molar-refractivity contribution in [3.8, 4) is 0 Å². The molecule has 0 nitrogen and oxygen atoms in total. The quantitative estimate of drug-likeness (QED) is 0.218. The summed E-state index contributed by atoms with van der Waals surface area (Å²) in [6.45, 7) is 7.32. The van der Waals surface area contributed by atoms with E-state index < -0.39 is 0 Å². The molecule has 0 atom stereocenters. The molecule has 0 heterocycles. The molecule has 0 aliphatic rings. The Labute approximate surface area is 125 Å².